The van der Waals surface area contributed by atoms with Gasteiger partial charge < -0.3 is 4.90 Å². The number of amides is 2. The minimum absolute atomic E-state index is 0.0564. The summed E-state index contributed by atoms with van der Waals surface area (Å²) in [6.45, 7) is 2.99. The van der Waals surface area contributed by atoms with Crippen molar-refractivity contribution in [2.45, 2.75) is 26.2 Å². The summed E-state index contributed by atoms with van der Waals surface area (Å²) in [4.78, 5) is 24.5. The Labute approximate surface area is 94.9 Å². The van der Waals surface area contributed by atoms with Crippen LogP contribution in [-0.4, -0.2) is 36.0 Å². The third-order valence-electron chi connectivity index (χ3n) is 3.28. The standard InChI is InChI=1S/C11H17N3O2/c1-7-5-8(7)6-14(2)11(16)9-3-4-10(15)13-12-9/h7-8H,3-6H2,1-2H3,(H,13,15). The second kappa shape index (κ2) is 4.23. The van der Waals surface area contributed by atoms with E-state index in [1.807, 2.05) is 0 Å². The van der Waals surface area contributed by atoms with Gasteiger partial charge in [0.05, 0.1) is 0 Å². The van der Waals surface area contributed by atoms with Crippen molar-refractivity contribution in [3.8, 4) is 0 Å². The molecule has 1 N–H and O–H groups in total. The average molecular weight is 223 g/mol. The molecular weight excluding hydrogens is 206 g/mol. The van der Waals surface area contributed by atoms with E-state index in [4.69, 9.17) is 0 Å². The maximum absolute atomic E-state index is 11.9. The fourth-order valence-electron chi connectivity index (χ4n) is 1.94. The summed E-state index contributed by atoms with van der Waals surface area (Å²) in [6, 6.07) is 0. The van der Waals surface area contributed by atoms with Gasteiger partial charge in [-0.2, -0.15) is 5.10 Å². The Balaban J connectivity index is 1.88. The van der Waals surface area contributed by atoms with E-state index < -0.39 is 0 Å². The topological polar surface area (TPSA) is 61.8 Å². The Morgan fingerprint density at radius 3 is 2.75 bits per heavy atom. The molecule has 2 rings (SSSR count). The number of hydrazone groups is 1. The molecule has 1 aliphatic heterocycles. The van der Waals surface area contributed by atoms with Gasteiger partial charge in [0.25, 0.3) is 5.91 Å². The highest BCUT2D eigenvalue weighted by molar-refractivity contribution is 6.39. The summed E-state index contributed by atoms with van der Waals surface area (Å²) in [5.41, 5.74) is 2.82. The smallest absolute Gasteiger partial charge is 0.269 e. The molecule has 2 amide bonds. The predicted molar refractivity (Wildman–Crippen MR) is 59.7 cm³/mol. The van der Waals surface area contributed by atoms with Crippen LogP contribution in [0.2, 0.25) is 0 Å². The summed E-state index contributed by atoms with van der Waals surface area (Å²) in [5, 5.41) is 3.80. The fourth-order valence-corrected chi connectivity index (χ4v) is 1.94. The Morgan fingerprint density at radius 1 is 1.56 bits per heavy atom. The number of carbonyl (C=O) groups excluding carboxylic acids is 2. The molecule has 5 nitrogen and oxygen atoms in total. The quantitative estimate of drug-likeness (QED) is 0.751. The van der Waals surface area contributed by atoms with Crippen molar-refractivity contribution in [2.24, 2.45) is 16.9 Å². The Morgan fingerprint density at radius 2 is 2.25 bits per heavy atom. The molecule has 88 valence electrons. The first-order chi connectivity index (χ1) is 7.58. The lowest BCUT2D eigenvalue weighted by molar-refractivity contribution is -0.123. The van der Waals surface area contributed by atoms with Gasteiger partial charge in [-0.3, -0.25) is 9.59 Å². The number of rotatable bonds is 3. The van der Waals surface area contributed by atoms with E-state index in [0.717, 1.165) is 12.5 Å². The van der Waals surface area contributed by atoms with Gasteiger partial charge in [-0.25, -0.2) is 5.43 Å². The van der Waals surface area contributed by atoms with Crippen LogP contribution >= 0.6 is 0 Å². The lowest BCUT2D eigenvalue weighted by Crippen LogP contribution is -2.39. The van der Waals surface area contributed by atoms with E-state index in [-0.39, 0.29) is 11.8 Å². The van der Waals surface area contributed by atoms with E-state index in [2.05, 4.69) is 17.5 Å². The van der Waals surface area contributed by atoms with Crippen LogP contribution in [0.15, 0.2) is 5.10 Å². The molecule has 2 unspecified atom stereocenters. The molecule has 1 aliphatic carbocycles. The van der Waals surface area contributed by atoms with Crippen LogP contribution in [0.4, 0.5) is 0 Å². The summed E-state index contributed by atoms with van der Waals surface area (Å²) >= 11 is 0. The van der Waals surface area contributed by atoms with Crippen molar-refractivity contribution in [2.75, 3.05) is 13.6 Å². The number of hydrogen-bond donors (Lipinski definition) is 1. The summed E-state index contributed by atoms with van der Waals surface area (Å²) < 4.78 is 0. The largest absolute Gasteiger partial charge is 0.340 e. The van der Waals surface area contributed by atoms with E-state index >= 15 is 0 Å². The van der Waals surface area contributed by atoms with Crippen molar-refractivity contribution in [1.82, 2.24) is 10.3 Å². The second-order valence-electron chi connectivity index (χ2n) is 4.75. The van der Waals surface area contributed by atoms with Crippen molar-refractivity contribution < 1.29 is 9.59 Å². The number of nitrogens with zero attached hydrogens (tertiary/aromatic N) is 2. The average Bonchev–Trinajstić information content (AvgIpc) is 2.94. The highest BCUT2D eigenvalue weighted by Gasteiger charge is 2.35. The van der Waals surface area contributed by atoms with Gasteiger partial charge >= 0.3 is 0 Å². The molecule has 2 aliphatic rings. The normalized spacial score (nSPS) is 28.1. The molecule has 0 bridgehead atoms. The monoisotopic (exact) mass is 223 g/mol. The van der Waals surface area contributed by atoms with Crippen LogP contribution in [0.25, 0.3) is 0 Å². The third-order valence-corrected chi connectivity index (χ3v) is 3.28. The maximum atomic E-state index is 11.9. The molecule has 0 spiro atoms. The van der Waals surface area contributed by atoms with Crippen LogP contribution in [0.1, 0.15) is 26.2 Å². The summed E-state index contributed by atoms with van der Waals surface area (Å²) in [6.07, 6.45) is 2.02. The molecule has 2 atom stereocenters. The first kappa shape index (κ1) is 11.1. The van der Waals surface area contributed by atoms with Crippen molar-refractivity contribution in [3.05, 3.63) is 0 Å². The Bertz CT molecular complexity index is 351. The van der Waals surface area contributed by atoms with Crippen molar-refractivity contribution >= 4 is 17.5 Å². The molecule has 1 heterocycles. The first-order valence-corrected chi connectivity index (χ1v) is 5.69. The van der Waals surface area contributed by atoms with Crippen molar-refractivity contribution in [3.63, 3.8) is 0 Å². The van der Waals surface area contributed by atoms with Crippen LogP contribution in [-0.2, 0) is 9.59 Å². The molecule has 16 heavy (non-hydrogen) atoms. The highest BCUT2D eigenvalue weighted by Crippen LogP contribution is 2.37. The van der Waals surface area contributed by atoms with Crippen LogP contribution in [0.5, 0.6) is 0 Å². The lowest BCUT2D eigenvalue weighted by atomic mass is 10.1. The molecule has 0 saturated heterocycles. The second-order valence-corrected chi connectivity index (χ2v) is 4.75. The van der Waals surface area contributed by atoms with Gasteiger partial charge in [0, 0.05) is 26.4 Å². The number of nitrogens with one attached hydrogen (secondary N) is 1. The van der Waals surface area contributed by atoms with Crippen molar-refractivity contribution in [1.29, 1.82) is 0 Å². The van der Waals surface area contributed by atoms with Gasteiger partial charge in [-0.05, 0) is 18.3 Å². The van der Waals surface area contributed by atoms with Gasteiger partial charge in [0.15, 0.2) is 0 Å². The first-order valence-electron chi connectivity index (χ1n) is 5.69. The van der Waals surface area contributed by atoms with Crippen LogP contribution in [0.3, 0.4) is 0 Å². The summed E-state index contributed by atoms with van der Waals surface area (Å²) in [5.74, 6) is 1.21. The fraction of sp³-hybridized carbons (Fsp3) is 0.727. The molecule has 0 aromatic heterocycles. The van der Waals surface area contributed by atoms with E-state index in [0.29, 0.717) is 24.5 Å². The van der Waals surface area contributed by atoms with Crippen LogP contribution in [0, 0.1) is 11.8 Å². The molecule has 5 heteroatoms. The van der Waals surface area contributed by atoms with Gasteiger partial charge in [0.1, 0.15) is 5.71 Å². The Kier molecular flexibility index (Phi) is 2.94. The van der Waals surface area contributed by atoms with E-state index in [1.54, 1.807) is 11.9 Å². The zero-order valence-corrected chi connectivity index (χ0v) is 9.69. The third kappa shape index (κ3) is 2.40. The van der Waals surface area contributed by atoms with Gasteiger partial charge in [-0.1, -0.05) is 6.92 Å². The zero-order valence-electron chi connectivity index (χ0n) is 9.69. The SMILES string of the molecule is CC1CC1CN(C)C(=O)C1=NNC(=O)CC1. The lowest BCUT2D eigenvalue weighted by Gasteiger charge is -2.19. The predicted octanol–water partition coefficient (Wildman–Crippen LogP) is 0.367. The molecular formula is C11H17N3O2. The van der Waals surface area contributed by atoms with Gasteiger partial charge in [-0.15, -0.1) is 0 Å². The zero-order chi connectivity index (χ0) is 11.7. The Hall–Kier alpha value is -1.39. The number of hydrogen-bond acceptors (Lipinski definition) is 3. The van der Waals surface area contributed by atoms with E-state index in [1.165, 1.54) is 6.42 Å². The molecule has 0 aromatic rings. The molecule has 1 fully saturated rings. The molecule has 0 aromatic carbocycles. The minimum Gasteiger partial charge on any atom is -0.340 e. The molecule has 0 radical (unpaired) electrons. The maximum Gasteiger partial charge on any atom is 0.269 e. The van der Waals surface area contributed by atoms with E-state index in [9.17, 15) is 9.59 Å². The number of carbonyl (C=O) groups is 2. The highest BCUT2D eigenvalue weighted by atomic mass is 16.2. The summed E-state index contributed by atoms with van der Waals surface area (Å²) in [7, 11) is 1.80. The van der Waals surface area contributed by atoms with Crippen LogP contribution < -0.4 is 5.43 Å². The van der Waals surface area contributed by atoms with Gasteiger partial charge in [0.2, 0.25) is 5.91 Å². The molecule has 1 saturated carbocycles. The minimum atomic E-state index is -0.116.